The number of hydrogen-bond acceptors (Lipinski definition) is 4. The van der Waals surface area contributed by atoms with Gasteiger partial charge in [-0.3, -0.25) is 0 Å². The maximum atomic E-state index is 10.6. The Labute approximate surface area is 90.2 Å². The molecule has 0 rings (SSSR count). The average Bonchev–Trinajstić information content (AvgIpc) is 2.03. The molecule has 0 aromatic carbocycles. The monoisotopic (exact) mass is 217 g/mol. The lowest BCUT2D eigenvalue weighted by Gasteiger charge is -2.05. The van der Waals surface area contributed by atoms with Gasteiger partial charge in [0.2, 0.25) is 0 Å². The third-order valence-electron chi connectivity index (χ3n) is 0.978. The third kappa shape index (κ3) is 15.3. The molecule has 15 heavy (non-hydrogen) atoms. The van der Waals surface area contributed by atoms with Crippen LogP contribution < -0.4 is 5.73 Å². The molecule has 0 fully saturated rings. The Bertz CT molecular complexity index is 223. The van der Waals surface area contributed by atoms with E-state index in [0.29, 0.717) is 12.2 Å². The van der Waals surface area contributed by atoms with Crippen molar-refractivity contribution in [1.82, 2.24) is 0 Å². The van der Waals surface area contributed by atoms with Crippen LogP contribution in [0.4, 0.5) is 4.79 Å². The van der Waals surface area contributed by atoms with Crippen LogP contribution in [0.1, 0.15) is 27.7 Å². The van der Waals surface area contributed by atoms with Crippen molar-refractivity contribution in [3.63, 3.8) is 0 Å². The quantitative estimate of drug-likeness (QED) is 0.575. The van der Waals surface area contributed by atoms with Gasteiger partial charge in [-0.25, -0.2) is 9.59 Å². The van der Waals surface area contributed by atoms with Crippen molar-refractivity contribution in [3.05, 3.63) is 12.2 Å². The number of ether oxygens (including phenoxy) is 2. The van der Waals surface area contributed by atoms with Gasteiger partial charge >= 0.3 is 12.1 Å². The SMILES string of the molecule is C=C(C)C(=O)OC(C)C.CCOC(N)=O. The normalized spacial score (nSPS) is 8.60. The summed E-state index contributed by atoms with van der Waals surface area (Å²) in [6, 6.07) is 0. The molecular weight excluding hydrogens is 198 g/mol. The van der Waals surface area contributed by atoms with Crippen molar-refractivity contribution in [2.45, 2.75) is 33.8 Å². The lowest BCUT2D eigenvalue weighted by Crippen LogP contribution is -2.11. The molecule has 0 saturated carbocycles. The highest BCUT2D eigenvalue weighted by Crippen LogP contribution is 1.95. The first kappa shape index (κ1) is 15.9. The molecule has 2 N–H and O–H groups in total. The van der Waals surface area contributed by atoms with Crippen molar-refractivity contribution in [1.29, 1.82) is 0 Å². The van der Waals surface area contributed by atoms with Crippen LogP contribution in [0.3, 0.4) is 0 Å². The minimum atomic E-state index is -0.711. The Morgan fingerprint density at radius 2 is 1.87 bits per heavy atom. The summed E-state index contributed by atoms with van der Waals surface area (Å²) in [7, 11) is 0. The number of carbonyl (C=O) groups is 2. The number of amides is 1. The first-order valence-electron chi connectivity index (χ1n) is 4.59. The highest BCUT2D eigenvalue weighted by Gasteiger charge is 2.03. The number of esters is 1. The highest BCUT2D eigenvalue weighted by atomic mass is 16.5. The molecule has 0 atom stereocenters. The molecule has 0 heterocycles. The summed E-state index contributed by atoms with van der Waals surface area (Å²) in [5.74, 6) is -0.315. The van der Waals surface area contributed by atoms with Crippen LogP contribution in [0.2, 0.25) is 0 Å². The Morgan fingerprint density at radius 1 is 1.40 bits per heavy atom. The molecular formula is C10H19NO4. The molecule has 88 valence electrons. The molecule has 0 spiro atoms. The lowest BCUT2D eigenvalue weighted by molar-refractivity contribution is -0.142. The van der Waals surface area contributed by atoms with Gasteiger partial charge in [-0.2, -0.15) is 0 Å². The van der Waals surface area contributed by atoms with Crippen LogP contribution in [-0.2, 0) is 14.3 Å². The fourth-order valence-electron chi connectivity index (χ4n) is 0.457. The van der Waals surface area contributed by atoms with Gasteiger partial charge in [0.05, 0.1) is 12.7 Å². The lowest BCUT2D eigenvalue weighted by atomic mass is 10.3. The second-order valence-electron chi connectivity index (χ2n) is 2.99. The van der Waals surface area contributed by atoms with Crippen molar-refractivity contribution in [2.75, 3.05) is 6.61 Å². The summed E-state index contributed by atoms with van der Waals surface area (Å²) in [6.45, 7) is 10.7. The Morgan fingerprint density at radius 3 is 1.93 bits per heavy atom. The van der Waals surface area contributed by atoms with E-state index in [2.05, 4.69) is 17.0 Å². The fourth-order valence-corrected chi connectivity index (χ4v) is 0.457. The van der Waals surface area contributed by atoms with Crippen molar-refractivity contribution in [3.8, 4) is 0 Å². The van der Waals surface area contributed by atoms with E-state index in [1.807, 2.05) is 0 Å². The predicted molar refractivity (Wildman–Crippen MR) is 57.3 cm³/mol. The molecule has 0 bridgehead atoms. The van der Waals surface area contributed by atoms with Crippen LogP contribution in [0.15, 0.2) is 12.2 Å². The maximum Gasteiger partial charge on any atom is 0.404 e. The number of hydrogen-bond donors (Lipinski definition) is 1. The molecule has 0 unspecified atom stereocenters. The van der Waals surface area contributed by atoms with Gasteiger partial charge in [0.1, 0.15) is 0 Å². The fraction of sp³-hybridized carbons (Fsp3) is 0.600. The van der Waals surface area contributed by atoms with Gasteiger partial charge in [-0.15, -0.1) is 0 Å². The van der Waals surface area contributed by atoms with Gasteiger partial charge in [0.15, 0.2) is 0 Å². The van der Waals surface area contributed by atoms with E-state index < -0.39 is 6.09 Å². The minimum absolute atomic E-state index is 0.0470. The number of primary amides is 1. The molecule has 5 heteroatoms. The van der Waals surface area contributed by atoms with Crippen LogP contribution in [0.25, 0.3) is 0 Å². The largest absolute Gasteiger partial charge is 0.460 e. The third-order valence-corrected chi connectivity index (χ3v) is 0.978. The van der Waals surface area contributed by atoms with E-state index in [4.69, 9.17) is 4.74 Å². The molecule has 0 saturated heterocycles. The maximum absolute atomic E-state index is 10.6. The van der Waals surface area contributed by atoms with E-state index in [1.165, 1.54) is 0 Å². The van der Waals surface area contributed by atoms with Crippen molar-refractivity contribution < 1.29 is 19.1 Å². The Kier molecular flexibility index (Phi) is 9.61. The van der Waals surface area contributed by atoms with Crippen LogP contribution in [0.5, 0.6) is 0 Å². The van der Waals surface area contributed by atoms with E-state index >= 15 is 0 Å². The summed E-state index contributed by atoms with van der Waals surface area (Å²) in [5.41, 5.74) is 4.99. The summed E-state index contributed by atoms with van der Waals surface area (Å²) < 4.78 is 8.95. The van der Waals surface area contributed by atoms with Crippen LogP contribution in [0, 0.1) is 0 Å². The predicted octanol–water partition coefficient (Wildman–Crippen LogP) is 1.62. The van der Waals surface area contributed by atoms with Gasteiger partial charge in [0, 0.05) is 5.57 Å². The smallest absolute Gasteiger partial charge is 0.404 e. The van der Waals surface area contributed by atoms with Crippen molar-refractivity contribution in [2.24, 2.45) is 5.73 Å². The zero-order chi connectivity index (χ0) is 12.4. The number of nitrogens with two attached hydrogens (primary N) is 1. The molecule has 0 aromatic heterocycles. The number of rotatable bonds is 3. The summed E-state index contributed by atoms with van der Waals surface area (Å²) in [5, 5.41) is 0. The highest BCUT2D eigenvalue weighted by molar-refractivity contribution is 5.87. The van der Waals surface area contributed by atoms with Gasteiger partial charge in [-0.05, 0) is 27.7 Å². The molecule has 0 aliphatic heterocycles. The average molecular weight is 217 g/mol. The zero-order valence-electron chi connectivity index (χ0n) is 9.70. The summed E-state index contributed by atoms with van der Waals surface area (Å²) >= 11 is 0. The standard InChI is InChI=1S/C7H12O2.C3H7NO2/c1-5(2)7(8)9-6(3)4;1-2-6-3(4)5/h6H,1H2,2-4H3;2H2,1H3,(H2,4,5). The van der Waals surface area contributed by atoms with Crippen molar-refractivity contribution >= 4 is 12.1 Å². The van der Waals surface area contributed by atoms with Crippen LogP contribution >= 0.6 is 0 Å². The molecule has 1 amide bonds. The molecule has 5 nitrogen and oxygen atoms in total. The first-order chi connectivity index (χ1) is 6.81. The van der Waals surface area contributed by atoms with Gasteiger partial charge in [0.25, 0.3) is 0 Å². The summed E-state index contributed by atoms with van der Waals surface area (Å²) in [4.78, 5) is 20.2. The van der Waals surface area contributed by atoms with Gasteiger partial charge < -0.3 is 15.2 Å². The first-order valence-corrected chi connectivity index (χ1v) is 4.59. The van der Waals surface area contributed by atoms with E-state index in [9.17, 15) is 9.59 Å². The van der Waals surface area contributed by atoms with E-state index in [-0.39, 0.29) is 12.1 Å². The Hall–Kier alpha value is -1.52. The van der Waals surface area contributed by atoms with E-state index in [1.54, 1.807) is 27.7 Å². The van der Waals surface area contributed by atoms with Crippen LogP contribution in [-0.4, -0.2) is 24.8 Å². The topological polar surface area (TPSA) is 78.6 Å². The van der Waals surface area contributed by atoms with Gasteiger partial charge in [-0.1, -0.05) is 6.58 Å². The minimum Gasteiger partial charge on any atom is -0.460 e. The number of carbonyl (C=O) groups excluding carboxylic acids is 2. The summed E-state index contributed by atoms with van der Waals surface area (Å²) in [6.07, 6.45) is -0.758. The second-order valence-corrected chi connectivity index (χ2v) is 2.99. The molecule has 0 aliphatic carbocycles. The molecule has 0 radical (unpaired) electrons. The molecule has 0 aliphatic rings. The van der Waals surface area contributed by atoms with E-state index in [0.717, 1.165) is 0 Å². The second kappa shape index (κ2) is 9.05. The zero-order valence-corrected chi connectivity index (χ0v) is 9.70. The molecule has 0 aromatic rings. The Balaban J connectivity index is 0.